The van der Waals surface area contributed by atoms with E-state index in [2.05, 4.69) is 4.74 Å². The number of halogens is 3. The number of nitrogens with zero attached hydrogens (tertiary/aromatic N) is 2. The van der Waals surface area contributed by atoms with Gasteiger partial charge < -0.3 is 14.2 Å². The van der Waals surface area contributed by atoms with E-state index in [0.717, 1.165) is 12.1 Å². The minimum atomic E-state index is -4.80. The molecule has 1 fully saturated rings. The van der Waals surface area contributed by atoms with E-state index in [-0.39, 0.29) is 25.4 Å². The first-order valence-corrected chi connectivity index (χ1v) is 9.80. The third-order valence-corrected chi connectivity index (χ3v) is 4.81. The summed E-state index contributed by atoms with van der Waals surface area (Å²) < 4.78 is 50.8. The Kier molecular flexibility index (Phi) is 7.36. The van der Waals surface area contributed by atoms with Crippen molar-refractivity contribution in [2.24, 2.45) is 0 Å². The van der Waals surface area contributed by atoms with Crippen LogP contribution in [0.1, 0.15) is 24.0 Å². The molecule has 1 saturated heterocycles. The minimum absolute atomic E-state index is 0.0858. The Morgan fingerprint density at radius 3 is 2.15 bits per heavy atom. The predicted molar refractivity (Wildman–Crippen MR) is 106 cm³/mol. The normalized spacial score (nSPS) is 15.7. The van der Waals surface area contributed by atoms with Crippen molar-refractivity contribution in [1.29, 1.82) is 0 Å². The standard InChI is InChI=1S/C21H19F3N2O7/c22-21(23,24)33-17-9-5-15(6-10-17)13-32-20(28)25-11-1-2-18(25)19(27)31-12-14-3-7-16(8-4-14)26(29)30/h3-10,18H,1-2,11-13H2. The third-order valence-electron chi connectivity index (χ3n) is 4.81. The first-order chi connectivity index (χ1) is 15.6. The summed E-state index contributed by atoms with van der Waals surface area (Å²) in [6.45, 7) is -0.0246. The van der Waals surface area contributed by atoms with Crippen molar-refractivity contribution in [1.82, 2.24) is 4.90 Å². The lowest BCUT2D eigenvalue weighted by molar-refractivity contribution is -0.384. The van der Waals surface area contributed by atoms with Gasteiger partial charge in [0.15, 0.2) is 0 Å². The molecule has 1 atom stereocenters. The molecule has 1 aliphatic heterocycles. The second-order valence-electron chi connectivity index (χ2n) is 7.13. The molecule has 33 heavy (non-hydrogen) atoms. The summed E-state index contributed by atoms with van der Waals surface area (Å²) >= 11 is 0. The van der Waals surface area contributed by atoms with E-state index >= 15 is 0 Å². The fourth-order valence-electron chi connectivity index (χ4n) is 3.21. The summed E-state index contributed by atoms with van der Waals surface area (Å²) in [5.74, 6) is -1.02. The lowest BCUT2D eigenvalue weighted by Gasteiger charge is -2.22. The van der Waals surface area contributed by atoms with Gasteiger partial charge in [0.1, 0.15) is 25.0 Å². The monoisotopic (exact) mass is 468 g/mol. The third kappa shape index (κ3) is 6.82. The van der Waals surface area contributed by atoms with Gasteiger partial charge in [-0.3, -0.25) is 15.0 Å². The second kappa shape index (κ2) is 10.2. The number of alkyl halides is 3. The van der Waals surface area contributed by atoms with Gasteiger partial charge in [0.05, 0.1) is 4.92 Å². The van der Waals surface area contributed by atoms with Gasteiger partial charge in [-0.1, -0.05) is 12.1 Å². The fourth-order valence-corrected chi connectivity index (χ4v) is 3.21. The fraction of sp³-hybridized carbons (Fsp3) is 0.333. The predicted octanol–water partition coefficient (Wildman–Crippen LogP) is 4.34. The van der Waals surface area contributed by atoms with Gasteiger partial charge in [-0.15, -0.1) is 13.2 Å². The molecule has 1 aliphatic rings. The van der Waals surface area contributed by atoms with E-state index < -0.39 is 35.1 Å². The summed E-state index contributed by atoms with van der Waals surface area (Å²) in [5, 5.41) is 10.7. The Morgan fingerprint density at radius 1 is 1.00 bits per heavy atom. The van der Waals surface area contributed by atoms with Crippen molar-refractivity contribution in [2.75, 3.05) is 6.54 Å². The van der Waals surface area contributed by atoms with E-state index in [1.54, 1.807) is 0 Å². The first kappa shape index (κ1) is 23.8. The number of non-ortho nitro benzene ring substituents is 1. The molecule has 0 aliphatic carbocycles. The number of likely N-dealkylation sites (tertiary alicyclic amines) is 1. The van der Waals surface area contributed by atoms with Crippen LogP contribution in [0.2, 0.25) is 0 Å². The second-order valence-corrected chi connectivity index (χ2v) is 7.13. The number of ether oxygens (including phenoxy) is 3. The molecule has 1 heterocycles. The van der Waals surface area contributed by atoms with Gasteiger partial charge in [0, 0.05) is 18.7 Å². The molecule has 0 saturated carbocycles. The maximum Gasteiger partial charge on any atom is 0.573 e. The van der Waals surface area contributed by atoms with Gasteiger partial charge in [0.25, 0.3) is 5.69 Å². The number of nitro groups is 1. The minimum Gasteiger partial charge on any atom is -0.459 e. The topological polar surface area (TPSA) is 108 Å². The Labute approximate surface area is 185 Å². The molecule has 0 N–H and O–H groups in total. The molecule has 0 spiro atoms. The molecule has 1 amide bonds. The molecular formula is C21H19F3N2O7. The summed E-state index contributed by atoms with van der Waals surface area (Å²) in [7, 11) is 0. The average molecular weight is 468 g/mol. The number of hydrogen-bond donors (Lipinski definition) is 0. The highest BCUT2D eigenvalue weighted by Gasteiger charge is 2.36. The van der Waals surface area contributed by atoms with Crippen molar-refractivity contribution in [3.63, 3.8) is 0 Å². The van der Waals surface area contributed by atoms with Crippen LogP contribution in [0.3, 0.4) is 0 Å². The zero-order valence-electron chi connectivity index (χ0n) is 17.1. The van der Waals surface area contributed by atoms with E-state index in [1.807, 2.05) is 0 Å². The van der Waals surface area contributed by atoms with Crippen LogP contribution >= 0.6 is 0 Å². The summed E-state index contributed by atoms with van der Waals surface area (Å²) in [6.07, 6.45) is -4.60. The number of amides is 1. The molecule has 0 bridgehead atoms. The van der Waals surface area contributed by atoms with Crippen LogP contribution in [0.25, 0.3) is 0 Å². The maximum atomic E-state index is 12.4. The van der Waals surface area contributed by atoms with E-state index in [4.69, 9.17) is 9.47 Å². The van der Waals surface area contributed by atoms with E-state index in [0.29, 0.717) is 24.0 Å². The Morgan fingerprint density at radius 2 is 1.58 bits per heavy atom. The summed E-state index contributed by atoms with van der Waals surface area (Å²) in [4.78, 5) is 36.3. The first-order valence-electron chi connectivity index (χ1n) is 9.80. The summed E-state index contributed by atoms with van der Waals surface area (Å²) in [5.41, 5.74) is 0.908. The van der Waals surface area contributed by atoms with Gasteiger partial charge in [-0.2, -0.15) is 0 Å². The number of esters is 1. The lowest BCUT2D eigenvalue weighted by atomic mass is 10.2. The zero-order valence-corrected chi connectivity index (χ0v) is 17.1. The Bertz CT molecular complexity index is 994. The maximum absolute atomic E-state index is 12.4. The average Bonchev–Trinajstić information content (AvgIpc) is 3.26. The Hall–Kier alpha value is -3.83. The SMILES string of the molecule is O=C(OCc1ccc([N+](=O)[O-])cc1)C1CCCN1C(=O)OCc1ccc(OC(F)(F)F)cc1. The molecule has 0 aromatic heterocycles. The van der Waals surface area contributed by atoms with Gasteiger partial charge in [-0.05, 0) is 48.2 Å². The quantitative estimate of drug-likeness (QED) is 0.338. The molecule has 176 valence electrons. The van der Waals surface area contributed by atoms with Crippen LogP contribution in [0.5, 0.6) is 5.75 Å². The molecular weight excluding hydrogens is 449 g/mol. The van der Waals surface area contributed by atoms with Crippen LogP contribution in [0.4, 0.5) is 23.7 Å². The van der Waals surface area contributed by atoms with Crippen molar-refractivity contribution in [2.45, 2.75) is 38.5 Å². The number of benzene rings is 2. The van der Waals surface area contributed by atoms with Crippen LogP contribution in [0.15, 0.2) is 48.5 Å². The molecule has 1 unspecified atom stereocenters. The van der Waals surface area contributed by atoms with Crippen molar-refractivity contribution in [3.8, 4) is 5.75 Å². The number of rotatable bonds is 7. The van der Waals surface area contributed by atoms with Crippen LogP contribution in [-0.2, 0) is 27.5 Å². The Balaban J connectivity index is 1.49. The largest absolute Gasteiger partial charge is 0.573 e. The molecule has 12 heteroatoms. The highest BCUT2D eigenvalue weighted by molar-refractivity contribution is 5.82. The number of carbonyl (C=O) groups excluding carboxylic acids is 2. The van der Waals surface area contributed by atoms with Crippen LogP contribution in [0, 0.1) is 10.1 Å². The summed E-state index contributed by atoms with van der Waals surface area (Å²) in [6, 6.07) is 9.55. The zero-order chi connectivity index (χ0) is 24.0. The highest BCUT2D eigenvalue weighted by Crippen LogP contribution is 2.24. The molecule has 2 aromatic carbocycles. The van der Waals surface area contributed by atoms with Gasteiger partial charge in [0.2, 0.25) is 0 Å². The smallest absolute Gasteiger partial charge is 0.459 e. The van der Waals surface area contributed by atoms with Crippen molar-refractivity contribution < 1.29 is 41.9 Å². The number of carbonyl (C=O) groups is 2. The molecule has 9 nitrogen and oxygen atoms in total. The van der Waals surface area contributed by atoms with Crippen LogP contribution < -0.4 is 4.74 Å². The van der Waals surface area contributed by atoms with E-state index in [1.165, 1.54) is 41.3 Å². The molecule has 3 rings (SSSR count). The van der Waals surface area contributed by atoms with Crippen molar-refractivity contribution in [3.05, 3.63) is 69.8 Å². The molecule has 2 aromatic rings. The van der Waals surface area contributed by atoms with Gasteiger partial charge in [-0.25, -0.2) is 9.59 Å². The number of hydrogen-bond acceptors (Lipinski definition) is 7. The lowest BCUT2D eigenvalue weighted by Crippen LogP contribution is -2.41. The number of nitro benzene ring substituents is 1. The highest BCUT2D eigenvalue weighted by atomic mass is 19.4. The van der Waals surface area contributed by atoms with Gasteiger partial charge >= 0.3 is 18.4 Å². The van der Waals surface area contributed by atoms with E-state index in [9.17, 15) is 32.9 Å². The van der Waals surface area contributed by atoms with Crippen LogP contribution in [-0.4, -0.2) is 40.8 Å². The molecule has 0 radical (unpaired) electrons. The van der Waals surface area contributed by atoms with Crippen molar-refractivity contribution >= 4 is 17.7 Å².